The minimum absolute atomic E-state index is 0.196. The number of unbranched alkanes of at least 4 members (excludes halogenated alkanes) is 3. The Balaban J connectivity index is 3.19. The third-order valence-electron chi connectivity index (χ3n) is 2.53. The minimum Gasteiger partial charge on any atom is -0.481 e. The molecular formula is C13H26N2O4. The number of ether oxygens (including phenoxy) is 1. The first kappa shape index (κ1) is 17.7. The van der Waals surface area contributed by atoms with E-state index in [4.69, 9.17) is 9.84 Å². The molecular weight excluding hydrogens is 248 g/mol. The molecule has 0 aliphatic rings. The number of carboxylic acid groups (broad SMARTS) is 1. The van der Waals surface area contributed by atoms with Gasteiger partial charge < -0.3 is 20.5 Å². The SMILES string of the molecule is CCCCOCCNC(=O)NCCCCCC(=O)O. The molecule has 112 valence electrons. The highest BCUT2D eigenvalue weighted by Gasteiger charge is 1.99. The minimum atomic E-state index is -0.770. The predicted molar refractivity (Wildman–Crippen MR) is 73.2 cm³/mol. The Bertz CT molecular complexity index is 247. The number of carbonyl (C=O) groups excluding carboxylic acids is 1. The lowest BCUT2D eigenvalue weighted by Crippen LogP contribution is -2.37. The van der Waals surface area contributed by atoms with E-state index in [1.165, 1.54) is 0 Å². The van der Waals surface area contributed by atoms with Gasteiger partial charge in [0.05, 0.1) is 6.61 Å². The number of amides is 2. The lowest BCUT2D eigenvalue weighted by atomic mass is 10.2. The highest BCUT2D eigenvalue weighted by Crippen LogP contribution is 1.98. The Morgan fingerprint density at radius 1 is 1.00 bits per heavy atom. The van der Waals surface area contributed by atoms with Gasteiger partial charge in [-0.2, -0.15) is 0 Å². The topological polar surface area (TPSA) is 87.7 Å². The van der Waals surface area contributed by atoms with Crippen LogP contribution in [0.15, 0.2) is 0 Å². The van der Waals surface area contributed by atoms with E-state index >= 15 is 0 Å². The summed E-state index contributed by atoms with van der Waals surface area (Å²) >= 11 is 0. The molecule has 0 spiro atoms. The lowest BCUT2D eigenvalue weighted by molar-refractivity contribution is -0.137. The van der Waals surface area contributed by atoms with Gasteiger partial charge in [0.2, 0.25) is 0 Å². The summed E-state index contributed by atoms with van der Waals surface area (Å²) in [6.07, 6.45) is 4.62. The van der Waals surface area contributed by atoms with E-state index in [1.54, 1.807) is 0 Å². The number of nitrogens with one attached hydrogen (secondary N) is 2. The zero-order valence-corrected chi connectivity index (χ0v) is 11.7. The van der Waals surface area contributed by atoms with Crippen LogP contribution in [0.3, 0.4) is 0 Å². The molecule has 2 amide bonds. The van der Waals surface area contributed by atoms with Crippen molar-refractivity contribution >= 4 is 12.0 Å². The van der Waals surface area contributed by atoms with Crippen molar-refractivity contribution in [1.29, 1.82) is 0 Å². The molecule has 0 saturated heterocycles. The zero-order valence-electron chi connectivity index (χ0n) is 11.7. The summed E-state index contributed by atoms with van der Waals surface area (Å²) in [6.45, 7) is 4.46. The van der Waals surface area contributed by atoms with E-state index in [1.807, 2.05) is 0 Å². The Kier molecular flexibility index (Phi) is 12.2. The van der Waals surface area contributed by atoms with Gasteiger partial charge in [0, 0.05) is 26.1 Å². The number of carbonyl (C=O) groups is 2. The largest absolute Gasteiger partial charge is 0.481 e. The average Bonchev–Trinajstić information content (AvgIpc) is 2.37. The van der Waals surface area contributed by atoms with E-state index in [0.717, 1.165) is 32.3 Å². The maximum absolute atomic E-state index is 11.3. The summed E-state index contributed by atoms with van der Waals surface area (Å²) < 4.78 is 5.31. The fourth-order valence-corrected chi connectivity index (χ4v) is 1.43. The number of hydrogen-bond donors (Lipinski definition) is 3. The van der Waals surface area contributed by atoms with Crippen molar-refractivity contribution in [2.45, 2.75) is 45.4 Å². The molecule has 0 rings (SSSR count). The highest BCUT2D eigenvalue weighted by atomic mass is 16.5. The molecule has 0 aliphatic carbocycles. The average molecular weight is 274 g/mol. The van der Waals surface area contributed by atoms with Crippen molar-refractivity contribution in [3.05, 3.63) is 0 Å². The Hall–Kier alpha value is -1.30. The van der Waals surface area contributed by atoms with E-state index in [-0.39, 0.29) is 12.5 Å². The van der Waals surface area contributed by atoms with Crippen LogP contribution in [0, 0.1) is 0 Å². The summed E-state index contributed by atoms with van der Waals surface area (Å²) in [4.78, 5) is 21.6. The van der Waals surface area contributed by atoms with Gasteiger partial charge in [-0.25, -0.2) is 4.79 Å². The molecule has 0 aromatic rings. The maximum atomic E-state index is 11.3. The molecule has 3 N–H and O–H groups in total. The van der Waals surface area contributed by atoms with E-state index in [0.29, 0.717) is 26.1 Å². The van der Waals surface area contributed by atoms with Gasteiger partial charge in [0.15, 0.2) is 0 Å². The van der Waals surface area contributed by atoms with Crippen molar-refractivity contribution < 1.29 is 19.4 Å². The van der Waals surface area contributed by atoms with Crippen LogP contribution in [0.25, 0.3) is 0 Å². The molecule has 0 fully saturated rings. The highest BCUT2D eigenvalue weighted by molar-refractivity contribution is 5.73. The summed E-state index contributed by atoms with van der Waals surface area (Å²) in [6, 6.07) is -0.197. The summed E-state index contributed by atoms with van der Waals surface area (Å²) in [7, 11) is 0. The Morgan fingerprint density at radius 2 is 1.74 bits per heavy atom. The van der Waals surface area contributed by atoms with Gasteiger partial charge in [-0.3, -0.25) is 4.79 Å². The van der Waals surface area contributed by atoms with Crippen LogP contribution < -0.4 is 10.6 Å². The standard InChI is InChI=1S/C13H26N2O4/c1-2-3-10-19-11-9-15-13(18)14-8-6-4-5-7-12(16)17/h2-11H2,1H3,(H,16,17)(H2,14,15,18). The molecule has 6 heteroatoms. The normalized spacial score (nSPS) is 10.2. The molecule has 0 heterocycles. The quantitative estimate of drug-likeness (QED) is 0.473. The van der Waals surface area contributed by atoms with Gasteiger partial charge in [0.25, 0.3) is 0 Å². The molecule has 0 radical (unpaired) electrons. The summed E-state index contributed by atoms with van der Waals surface area (Å²) in [5.41, 5.74) is 0. The molecule has 0 aromatic heterocycles. The second-order valence-corrected chi connectivity index (χ2v) is 4.35. The summed E-state index contributed by atoms with van der Waals surface area (Å²) in [5, 5.41) is 13.9. The molecule has 6 nitrogen and oxygen atoms in total. The van der Waals surface area contributed by atoms with Crippen LogP contribution >= 0.6 is 0 Å². The van der Waals surface area contributed by atoms with Crippen molar-refractivity contribution in [2.75, 3.05) is 26.3 Å². The molecule has 0 aliphatic heterocycles. The molecule has 0 atom stereocenters. The van der Waals surface area contributed by atoms with Gasteiger partial charge in [-0.1, -0.05) is 19.8 Å². The molecule has 0 aromatic carbocycles. The summed E-state index contributed by atoms with van der Waals surface area (Å²) in [5.74, 6) is -0.770. The van der Waals surface area contributed by atoms with Crippen molar-refractivity contribution in [3.63, 3.8) is 0 Å². The molecule has 0 unspecified atom stereocenters. The van der Waals surface area contributed by atoms with Crippen molar-refractivity contribution in [3.8, 4) is 0 Å². The zero-order chi connectivity index (χ0) is 14.3. The first-order valence-corrected chi connectivity index (χ1v) is 6.98. The fourth-order valence-electron chi connectivity index (χ4n) is 1.43. The maximum Gasteiger partial charge on any atom is 0.314 e. The van der Waals surface area contributed by atoms with Gasteiger partial charge in [0.1, 0.15) is 0 Å². The smallest absolute Gasteiger partial charge is 0.314 e. The van der Waals surface area contributed by atoms with Crippen molar-refractivity contribution in [1.82, 2.24) is 10.6 Å². The van der Waals surface area contributed by atoms with Crippen LogP contribution in [0.5, 0.6) is 0 Å². The number of carboxylic acids is 1. The second-order valence-electron chi connectivity index (χ2n) is 4.35. The van der Waals surface area contributed by atoms with E-state index in [2.05, 4.69) is 17.6 Å². The second kappa shape index (κ2) is 13.1. The van der Waals surface area contributed by atoms with Crippen LogP contribution in [-0.2, 0) is 9.53 Å². The molecule has 0 bridgehead atoms. The van der Waals surface area contributed by atoms with Crippen LogP contribution in [0.2, 0.25) is 0 Å². The van der Waals surface area contributed by atoms with Gasteiger partial charge in [-0.15, -0.1) is 0 Å². The lowest BCUT2D eigenvalue weighted by Gasteiger charge is -2.07. The predicted octanol–water partition coefficient (Wildman–Crippen LogP) is 1.75. The van der Waals surface area contributed by atoms with Crippen LogP contribution in [-0.4, -0.2) is 43.4 Å². The third-order valence-corrected chi connectivity index (χ3v) is 2.53. The number of rotatable bonds is 12. The monoisotopic (exact) mass is 274 g/mol. The number of hydrogen-bond acceptors (Lipinski definition) is 3. The van der Waals surface area contributed by atoms with Crippen LogP contribution in [0.1, 0.15) is 45.4 Å². The Morgan fingerprint density at radius 3 is 2.42 bits per heavy atom. The van der Waals surface area contributed by atoms with Crippen molar-refractivity contribution in [2.24, 2.45) is 0 Å². The number of aliphatic carboxylic acids is 1. The molecule has 0 saturated carbocycles. The first-order chi connectivity index (χ1) is 9.16. The van der Waals surface area contributed by atoms with Gasteiger partial charge >= 0.3 is 12.0 Å². The third kappa shape index (κ3) is 14.6. The first-order valence-electron chi connectivity index (χ1n) is 6.98. The Labute approximate surface area is 114 Å². The van der Waals surface area contributed by atoms with E-state index < -0.39 is 5.97 Å². The fraction of sp³-hybridized carbons (Fsp3) is 0.846. The van der Waals surface area contributed by atoms with E-state index in [9.17, 15) is 9.59 Å². The van der Waals surface area contributed by atoms with Gasteiger partial charge in [-0.05, 0) is 19.3 Å². The molecule has 19 heavy (non-hydrogen) atoms. The number of urea groups is 1. The van der Waals surface area contributed by atoms with Crippen LogP contribution in [0.4, 0.5) is 4.79 Å².